The Morgan fingerprint density at radius 3 is 1.00 bits per heavy atom. The molecular weight excluding hydrogens is 154 g/mol. The van der Waals surface area contributed by atoms with Gasteiger partial charge in [-0.2, -0.15) is 0 Å². The highest BCUT2D eigenvalue weighted by Crippen LogP contribution is 1.30. The zero-order valence-corrected chi connectivity index (χ0v) is 8.03. The van der Waals surface area contributed by atoms with E-state index in [0.29, 0.717) is 0 Å². The Balaban J connectivity index is -0.0000000257. The van der Waals surface area contributed by atoms with E-state index < -0.39 is 0 Å². The largest absolute Gasteiger partial charge is 0.397 e. The van der Waals surface area contributed by atoms with Crippen LogP contribution in [0.3, 0.4) is 0 Å². The third-order valence-electron chi connectivity index (χ3n) is 0. The summed E-state index contributed by atoms with van der Waals surface area (Å²) in [5, 5.41) is 17.9. The highest BCUT2D eigenvalue weighted by Gasteiger charge is 1.34. The Bertz CT molecular complexity index is 20.5. The summed E-state index contributed by atoms with van der Waals surface area (Å²) in [6.45, 7) is 3.86. The van der Waals surface area contributed by atoms with Gasteiger partial charge >= 0.3 is 0 Å². The normalized spacial score (nSPS) is 5.40. The van der Waals surface area contributed by atoms with E-state index in [0.717, 1.165) is 0 Å². The van der Waals surface area contributed by atoms with Crippen LogP contribution in [0.25, 0.3) is 0 Å². The zero-order valence-electron chi connectivity index (χ0n) is 7.22. The molecule has 0 aliphatic carbocycles. The second-order valence-corrected chi connectivity index (χ2v) is 1.13. The van der Waals surface area contributed by atoms with Gasteiger partial charge in [0.1, 0.15) is 0 Å². The van der Waals surface area contributed by atoms with E-state index in [1.54, 1.807) is 13.8 Å². The summed E-state index contributed by atoms with van der Waals surface area (Å²) in [5.41, 5.74) is 0. The number of rotatable bonds is 0. The van der Waals surface area contributed by atoms with Crippen LogP contribution in [0.15, 0.2) is 0 Å². The molecule has 3 nitrogen and oxygen atoms in total. The number of hydrogen-bond donors (Lipinski definition) is 3. The van der Waals surface area contributed by atoms with Gasteiger partial charge in [-0.15, -0.1) is 12.4 Å². The Kier molecular flexibility index (Phi) is 137. The molecule has 3 N–H and O–H groups in total. The number of halogens is 1. The fraction of sp³-hybridized carbons (Fsp3) is 1.00. The van der Waals surface area contributed by atoms with E-state index in [1.807, 2.05) is 14.1 Å². The summed E-state index contributed by atoms with van der Waals surface area (Å²) in [7, 11) is 3.75. The summed E-state index contributed by atoms with van der Waals surface area (Å²) >= 11 is 0. The van der Waals surface area contributed by atoms with Gasteiger partial charge in [0.05, 0.1) is 0 Å². The van der Waals surface area contributed by atoms with Crippen molar-refractivity contribution in [3.8, 4) is 0 Å². The molecule has 0 bridgehead atoms. The van der Waals surface area contributed by atoms with Crippen molar-refractivity contribution in [1.82, 2.24) is 5.32 Å². The Hall–Kier alpha value is 0.170. The summed E-state index contributed by atoms with van der Waals surface area (Å²) in [6.07, 6.45) is 0. The molecule has 0 rings (SSSR count). The molecule has 0 unspecified atom stereocenters. The summed E-state index contributed by atoms with van der Waals surface area (Å²) in [4.78, 5) is 0. The highest BCUT2D eigenvalue weighted by atomic mass is 35.5. The molecule has 0 heterocycles. The molecule has 0 aliphatic heterocycles. The summed E-state index contributed by atoms with van der Waals surface area (Å²) in [6, 6.07) is 0. The molecule has 0 aromatic rings. The molecular formula is C6H20ClNO2. The number of aliphatic hydroxyl groups excluding tert-OH is 2. The quantitative estimate of drug-likeness (QED) is 0.493. The summed E-state index contributed by atoms with van der Waals surface area (Å²) in [5.74, 6) is 0. The van der Waals surface area contributed by atoms with Crippen LogP contribution in [-0.2, 0) is 0 Å². The minimum absolute atomic E-state index is 0. The zero-order chi connectivity index (χ0) is 8.12. The SMILES string of the molecule is CCO.CCO.CNC.Cl. The lowest BCUT2D eigenvalue weighted by Crippen LogP contribution is -1.89. The predicted molar refractivity (Wildman–Crippen MR) is 47.8 cm³/mol. The number of hydrogen-bond acceptors (Lipinski definition) is 3. The molecule has 0 fully saturated rings. The first-order valence-electron chi connectivity index (χ1n) is 3.05. The molecule has 0 atom stereocenters. The highest BCUT2D eigenvalue weighted by molar-refractivity contribution is 5.85. The van der Waals surface area contributed by atoms with Crippen molar-refractivity contribution in [3.63, 3.8) is 0 Å². The predicted octanol–water partition coefficient (Wildman–Crippen LogP) is 0.255. The van der Waals surface area contributed by atoms with Gasteiger partial charge < -0.3 is 15.5 Å². The third kappa shape index (κ3) is 14500. The second kappa shape index (κ2) is 60.9. The molecule has 0 amide bonds. The summed E-state index contributed by atoms with van der Waals surface area (Å²) < 4.78 is 0. The van der Waals surface area contributed by atoms with Crippen molar-refractivity contribution in [1.29, 1.82) is 0 Å². The van der Waals surface area contributed by atoms with E-state index in [2.05, 4.69) is 5.32 Å². The standard InChI is InChI=1S/C2H7N.2C2H6O.ClH/c1-3-2;2*1-2-3;/h3H,1-2H3;2*3H,2H2,1H3;1H. The average Bonchev–Trinajstić information content (AvgIpc) is 1.70. The maximum Gasteiger partial charge on any atom is 0.0402 e. The van der Waals surface area contributed by atoms with Gasteiger partial charge in [-0.1, -0.05) is 0 Å². The third-order valence-corrected chi connectivity index (χ3v) is 0. The molecule has 0 saturated carbocycles. The van der Waals surface area contributed by atoms with Crippen molar-refractivity contribution in [2.45, 2.75) is 13.8 Å². The van der Waals surface area contributed by atoms with E-state index >= 15 is 0 Å². The van der Waals surface area contributed by atoms with Gasteiger partial charge in [0.25, 0.3) is 0 Å². The van der Waals surface area contributed by atoms with E-state index in [-0.39, 0.29) is 25.6 Å². The minimum atomic E-state index is 0. The molecule has 0 aromatic heterocycles. The lowest BCUT2D eigenvalue weighted by molar-refractivity contribution is 0.318. The molecule has 10 heavy (non-hydrogen) atoms. The maximum atomic E-state index is 7.57. The monoisotopic (exact) mass is 173 g/mol. The van der Waals surface area contributed by atoms with Crippen LogP contribution >= 0.6 is 12.4 Å². The van der Waals surface area contributed by atoms with Crippen LogP contribution in [-0.4, -0.2) is 37.5 Å². The van der Waals surface area contributed by atoms with Crippen molar-refractivity contribution < 1.29 is 10.2 Å². The molecule has 4 heteroatoms. The number of nitrogens with one attached hydrogen (secondary N) is 1. The van der Waals surface area contributed by atoms with Crippen LogP contribution in [0.4, 0.5) is 0 Å². The molecule has 68 valence electrons. The van der Waals surface area contributed by atoms with Gasteiger partial charge in [-0.3, -0.25) is 0 Å². The van der Waals surface area contributed by atoms with Crippen LogP contribution in [0.1, 0.15) is 13.8 Å². The topological polar surface area (TPSA) is 52.5 Å². The fourth-order valence-corrected chi connectivity index (χ4v) is 0. The van der Waals surface area contributed by atoms with Crippen molar-refractivity contribution in [2.24, 2.45) is 0 Å². The van der Waals surface area contributed by atoms with E-state index in [9.17, 15) is 0 Å². The van der Waals surface area contributed by atoms with E-state index in [1.165, 1.54) is 0 Å². The van der Waals surface area contributed by atoms with Crippen LogP contribution < -0.4 is 5.32 Å². The fourth-order valence-electron chi connectivity index (χ4n) is 0. The van der Waals surface area contributed by atoms with Gasteiger partial charge in [0.15, 0.2) is 0 Å². The van der Waals surface area contributed by atoms with Gasteiger partial charge in [0, 0.05) is 13.2 Å². The number of aliphatic hydroxyl groups is 2. The smallest absolute Gasteiger partial charge is 0.0402 e. The minimum Gasteiger partial charge on any atom is -0.397 e. The Morgan fingerprint density at radius 1 is 1.00 bits per heavy atom. The first kappa shape index (κ1) is 22.5. The maximum absolute atomic E-state index is 7.57. The van der Waals surface area contributed by atoms with Crippen LogP contribution in [0.5, 0.6) is 0 Å². The van der Waals surface area contributed by atoms with Crippen molar-refractivity contribution in [3.05, 3.63) is 0 Å². The van der Waals surface area contributed by atoms with Crippen molar-refractivity contribution >= 4 is 12.4 Å². The molecule has 0 spiro atoms. The molecule has 0 aliphatic rings. The van der Waals surface area contributed by atoms with E-state index in [4.69, 9.17) is 10.2 Å². The van der Waals surface area contributed by atoms with Crippen LogP contribution in [0, 0.1) is 0 Å². The first-order chi connectivity index (χ1) is 4.24. The van der Waals surface area contributed by atoms with Gasteiger partial charge in [-0.05, 0) is 27.9 Å². The van der Waals surface area contributed by atoms with Gasteiger partial charge in [0.2, 0.25) is 0 Å². The molecule has 0 saturated heterocycles. The lowest BCUT2D eigenvalue weighted by atomic mass is 10.9. The molecule has 0 aromatic carbocycles. The lowest BCUT2D eigenvalue weighted by Gasteiger charge is -1.59. The Morgan fingerprint density at radius 2 is 1.00 bits per heavy atom. The van der Waals surface area contributed by atoms with Crippen LogP contribution in [0.2, 0.25) is 0 Å². The van der Waals surface area contributed by atoms with Gasteiger partial charge in [-0.25, -0.2) is 0 Å². The average molecular weight is 174 g/mol. The molecule has 0 radical (unpaired) electrons. The second-order valence-electron chi connectivity index (χ2n) is 1.13. The van der Waals surface area contributed by atoms with Crippen molar-refractivity contribution in [2.75, 3.05) is 27.3 Å². The first-order valence-corrected chi connectivity index (χ1v) is 3.05. The Labute approximate surface area is 69.9 Å².